The highest BCUT2D eigenvalue weighted by Gasteiger charge is 2.68. The van der Waals surface area contributed by atoms with Crippen LogP contribution in [0.15, 0.2) is 0 Å². The number of rotatable bonds is 3. The quantitative estimate of drug-likeness (QED) is 0.535. The Morgan fingerprint density at radius 3 is 2.43 bits per heavy atom. The summed E-state index contributed by atoms with van der Waals surface area (Å²) in [6.45, 7) is 10.5. The molecule has 4 rings (SSSR count). The first kappa shape index (κ1) is 26.4. The topological polar surface area (TPSA) is 128 Å². The van der Waals surface area contributed by atoms with E-state index in [4.69, 9.17) is 15.2 Å². The first-order chi connectivity index (χ1) is 16.4. The smallest absolute Gasteiger partial charge is 0.416 e. The largest absolute Gasteiger partial charge is 0.446 e. The minimum absolute atomic E-state index is 0.00664. The minimum Gasteiger partial charge on any atom is -0.446 e. The average molecular weight is 493 g/mol. The molecule has 0 saturated heterocycles. The van der Waals surface area contributed by atoms with Gasteiger partial charge in [-0.3, -0.25) is 4.79 Å². The molecule has 0 aromatic carbocycles. The van der Waals surface area contributed by atoms with Crippen LogP contribution in [-0.2, 0) is 14.3 Å². The molecule has 0 heterocycles. The molecule has 0 unspecified atom stereocenters. The zero-order chi connectivity index (χ0) is 25.8. The number of Topliss-reactive ketones (excluding diaryl/α,β-unsaturated/α-hetero) is 1. The molecule has 0 aromatic heterocycles. The Kier molecular flexibility index (Phi) is 7.03. The van der Waals surface area contributed by atoms with Crippen molar-refractivity contribution in [1.82, 2.24) is 5.32 Å². The number of carbonyl (C=O) groups excluding carboxylic acids is 3. The van der Waals surface area contributed by atoms with Crippen LogP contribution < -0.4 is 11.1 Å². The third-order valence-electron chi connectivity index (χ3n) is 10.9. The van der Waals surface area contributed by atoms with E-state index in [9.17, 15) is 19.5 Å². The van der Waals surface area contributed by atoms with Crippen molar-refractivity contribution in [3.8, 4) is 0 Å². The molecule has 0 radical (unpaired) electrons. The number of amides is 2. The lowest BCUT2D eigenvalue weighted by molar-refractivity contribution is -0.198. The normalized spacial score (nSPS) is 47.4. The number of imide groups is 1. The molecule has 4 N–H and O–H groups in total. The van der Waals surface area contributed by atoms with Crippen molar-refractivity contribution in [2.75, 3.05) is 0 Å². The van der Waals surface area contributed by atoms with E-state index in [0.717, 1.165) is 25.7 Å². The predicted molar refractivity (Wildman–Crippen MR) is 130 cm³/mol. The van der Waals surface area contributed by atoms with E-state index < -0.39 is 35.2 Å². The molecule has 2 bridgehead atoms. The summed E-state index contributed by atoms with van der Waals surface area (Å²) >= 11 is 0. The molecule has 2 amide bonds. The van der Waals surface area contributed by atoms with E-state index in [1.54, 1.807) is 0 Å². The SMILES string of the molecule is CC[C@]1(C)C[C@@H](OC(=O)NC(=O)O[C@H]2CC[C@H](N)C2)[C@]2(C)[C@H](C)CC[C@]3(CCC(=O)[C@H]32)[C@@H](C)[C@@H]1O. The molecule has 0 aliphatic heterocycles. The van der Waals surface area contributed by atoms with Crippen LogP contribution in [-0.4, -0.2) is 47.4 Å². The third kappa shape index (κ3) is 4.28. The summed E-state index contributed by atoms with van der Waals surface area (Å²) in [7, 11) is 0. The van der Waals surface area contributed by atoms with E-state index >= 15 is 0 Å². The zero-order valence-corrected chi connectivity index (χ0v) is 22.0. The van der Waals surface area contributed by atoms with E-state index in [-0.39, 0.29) is 41.1 Å². The monoisotopic (exact) mass is 492 g/mol. The highest BCUT2D eigenvalue weighted by molar-refractivity contribution is 5.88. The minimum atomic E-state index is -0.862. The van der Waals surface area contributed by atoms with Gasteiger partial charge < -0.3 is 20.3 Å². The highest BCUT2D eigenvalue weighted by Crippen LogP contribution is 2.68. The predicted octanol–water partition coefficient (Wildman–Crippen LogP) is 4.32. The van der Waals surface area contributed by atoms with Crippen LogP contribution >= 0.6 is 0 Å². The molecular weight excluding hydrogens is 448 g/mol. The van der Waals surface area contributed by atoms with Gasteiger partial charge in [-0.15, -0.1) is 0 Å². The lowest BCUT2D eigenvalue weighted by Crippen LogP contribution is -2.63. The van der Waals surface area contributed by atoms with Gasteiger partial charge in [0.05, 0.1) is 6.10 Å². The van der Waals surface area contributed by atoms with Gasteiger partial charge >= 0.3 is 12.2 Å². The molecule has 4 aliphatic rings. The lowest BCUT2D eigenvalue weighted by atomic mass is 9.43. The fraction of sp³-hybridized carbons (Fsp3) is 0.889. The van der Waals surface area contributed by atoms with Crippen LogP contribution in [0.25, 0.3) is 0 Å². The second-order valence-electron chi connectivity index (χ2n) is 12.5. The third-order valence-corrected chi connectivity index (χ3v) is 10.9. The van der Waals surface area contributed by atoms with Gasteiger partial charge in [0.1, 0.15) is 18.0 Å². The fourth-order valence-corrected chi connectivity index (χ4v) is 8.21. The van der Waals surface area contributed by atoms with Crippen molar-refractivity contribution >= 4 is 18.0 Å². The number of hydrogen-bond donors (Lipinski definition) is 3. The number of carbonyl (C=O) groups is 3. The van der Waals surface area contributed by atoms with Crippen LogP contribution in [0.5, 0.6) is 0 Å². The summed E-state index contributed by atoms with van der Waals surface area (Å²) < 4.78 is 11.4. The number of aliphatic hydroxyl groups excluding tert-OH is 1. The highest BCUT2D eigenvalue weighted by atomic mass is 16.6. The number of nitrogens with one attached hydrogen (secondary N) is 1. The van der Waals surface area contributed by atoms with Gasteiger partial charge in [-0.25, -0.2) is 14.9 Å². The van der Waals surface area contributed by atoms with Gasteiger partial charge in [0.25, 0.3) is 0 Å². The van der Waals surface area contributed by atoms with E-state index in [0.29, 0.717) is 32.1 Å². The van der Waals surface area contributed by atoms with Crippen LogP contribution in [0.2, 0.25) is 0 Å². The number of hydrogen-bond acceptors (Lipinski definition) is 7. The molecule has 4 saturated carbocycles. The molecular formula is C27H44N2O6. The van der Waals surface area contributed by atoms with Gasteiger partial charge in [-0.05, 0) is 74.0 Å². The van der Waals surface area contributed by atoms with Crippen molar-refractivity contribution in [2.45, 2.75) is 117 Å². The molecule has 8 heteroatoms. The Balaban J connectivity index is 1.62. The van der Waals surface area contributed by atoms with Crippen LogP contribution in [0.3, 0.4) is 0 Å². The maximum absolute atomic E-state index is 13.4. The van der Waals surface area contributed by atoms with Gasteiger partial charge in [-0.1, -0.05) is 34.6 Å². The summed E-state index contributed by atoms with van der Waals surface area (Å²) in [4.78, 5) is 38.8. The second-order valence-corrected chi connectivity index (χ2v) is 12.5. The Morgan fingerprint density at radius 2 is 1.80 bits per heavy atom. The summed E-state index contributed by atoms with van der Waals surface area (Å²) in [6, 6.07) is 0.00664. The Bertz CT molecular complexity index is 865. The van der Waals surface area contributed by atoms with E-state index in [1.165, 1.54) is 0 Å². The number of alkyl carbamates (subject to hydrolysis) is 2. The molecule has 0 aromatic rings. The van der Waals surface area contributed by atoms with Crippen LogP contribution in [0, 0.1) is 34.0 Å². The Hall–Kier alpha value is -1.67. The fourth-order valence-electron chi connectivity index (χ4n) is 8.21. The van der Waals surface area contributed by atoms with Crippen molar-refractivity contribution in [3.05, 3.63) is 0 Å². The molecule has 198 valence electrons. The van der Waals surface area contributed by atoms with Gasteiger partial charge in [0.15, 0.2) is 0 Å². The summed E-state index contributed by atoms with van der Waals surface area (Å²) in [5, 5.41) is 13.9. The second kappa shape index (κ2) is 9.33. The van der Waals surface area contributed by atoms with Crippen molar-refractivity contribution in [3.63, 3.8) is 0 Å². The van der Waals surface area contributed by atoms with Gasteiger partial charge in [0.2, 0.25) is 0 Å². The Labute approximate surface area is 209 Å². The first-order valence-corrected chi connectivity index (χ1v) is 13.5. The molecule has 0 spiro atoms. The van der Waals surface area contributed by atoms with Gasteiger partial charge in [0, 0.05) is 23.8 Å². The molecule has 35 heavy (non-hydrogen) atoms. The van der Waals surface area contributed by atoms with Crippen molar-refractivity contribution in [1.29, 1.82) is 0 Å². The maximum Gasteiger partial charge on any atom is 0.416 e. The van der Waals surface area contributed by atoms with Gasteiger partial charge in [-0.2, -0.15) is 0 Å². The number of ether oxygens (including phenoxy) is 2. The van der Waals surface area contributed by atoms with E-state index in [1.807, 2.05) is 0 Å². The first-order valence-electron chi connectivity index (χ1n) is 13.5. The zero-order valence-electron chi connectivity index (χ0n) is 22.0. The van der Waals surface area contributed by atoms with Crippen LogP contribution in [0.1, 0.15) is 92.4 Å². The lowest BCUT2D eigenvalue weighted by Gasteiger charge is -2.62. The van der Waals surface area contributed by atoms with E-state index in [2.05, 4.69) is 39.9 Å². The summed E-state index contributed by atoms with van der Waals surface area (Å²) in [6.07, 6.45) is 3.02. The molecule has 4 aliphatic carbocycles. The number of ketones is 1. The number of nitrogens with two attached hydrogens (primary N) is 1. The Morgan fingerprint density at radius 1 is 1.11 bits per heavy atom. The molecule has 10 atom stereocenters. The molecule has 8 nitrogen and oxygen atoms in total. The summed E-state index contributed by atoms with van der Waals surface area (Å²) in [5.41, 5.74) is 4.51. The van der Waals surface area contributed by atoms with Crippen LogP contribution in [0.4, 0.5) is 9.59 Å². The summed E-state index contributed by atoms with van der Waals surface area (Å²) in [5.74, 6) is 0.0490. The number of aliphatic hydroxyl groups is 1. The van der Waals surface area contributed by atoms with Crippen molar-refractivity contribution in [2.24, 2.45) is 39.7 Å². The average Bonchev–Trinajstić information content (AvgIpc) is 3.37. The standard InChI is InChI=1S/C27H44N2O6/c1-6-25(4)14-20(35-24(33)29-23(32)34-18-8-7-17(28)13-18)26(5)15(2)9-11-27(16(3)22(25)31)12-10-19(30)21(26)27/h15-18,20-22,31H,6-14,28H2,1-5H3,(H,29,32,33)/t15-,16+,17+,18+,20-,21+,22+,25-,26+,27+/m1/s1. The maximum atomic E-state index is 13.4. The van der Waals surface area contributed by atoms with Crippen molar-refractivity contribution < 1.29 is 29.0 Å². The molecule has 4 fully saturated rings.